The molecule has 2 aliphatic rings. The maximum Gasteiger partial charge on any atom is 0.0354 e. The van der Waals surface area contributed by atoms with Gasteiger partial charge < -0.3 is 5.32 Å². The first-order valence-corrected chi connectivity index (χ1v) is 7.80. The lowest BCUT2D eigenvalue weighted by Crippen LogP contribution is -2.40. The molecule has 0 aromatic heterocycles. The van der Waals surface area contributed by atoms with Crippen LogP contribution < -0.4 is 5.32 Å². The standard InChI is InChI=1S/C17H26N2/c1-13-9-10-17(16-8-4-3-7-15(13)16)19-11-5-6-14(19)12-18-2/h3-4,7-8,13-14,17-18H,5-6,9-12H2,1-2H3. The van der Waals surface area contributed by atoms with Crippen molar-refractivity contribution in [2.45, 2.75) is 50.6 Å². The highest BCUT2D eigenvalue weighted by atomic mass is 15.2. The number of fused-ring (bicyclic) bond motifs is 1. The molecule has 2 nitrogen and oxygen atoms in total. The molecule has 2 heteroatoms. The lowest BCUT2D eigenvalue weighted by molar-refractivity contribution is 0.158. The fraction of sp³-hybridized carbons (Fsp3) is 0.647. The highest BCUT2D eigenvalue weighted by molar-refractivity contribution is 5.35. The summed E-state index contributed by atoms with van der Waals surface area (Å²) in [5.74, 6) is 0.734. The van der Waals surface area contributed by atoms with Gasteiger partial charge in [0.25, 0.3) is 0 Å². The molecule has 3 rings (SSSR count). The molecule has 1 N–H and O–H groups in total. The molecule has 1 aromatic carbocycles. The van der Waals surface area contributed by atoms with Gasteiger partial charge in [-0.25, -0.2) is 0 Å². The molecule has 0 radical (unpaired) electrons. The summed E-state index contributed by atoms with van der Waals surface area (Å²) in [7, 11) is 2.08. The number of nitrogens with zero attached hydrogens (tertiary/aromatic N) is 1. The van der Waals surface area contributed by atoms with E-state index in [1.54, 1.807) is 11.1 Å². The summed E-state index contributed by atoms with van der Waals surface area (Å²) in [5.41, 5.74) is 3.19. The average molecular weight is 258 g/mol. The summed E-state index contributed by atoms with van der Waals surface area (Å²) in [6.07, 6.45) is 5.39. The number of likely N-dealkylation sites (tertiary alicyclic amines) is 1. The molecule has 1 fully saturated rings. The second-order valence-corrected chi connectivity index (χ2v) is 6.21. The van der Waals surface area contributed by atoms with E-state index in [0.717, 1.165) is 18.5 Å². The Morgan fingerprint density at radius 3 is 2.74 bits per heavy atom. The van der Waals surface area contributed by atoms with Gasteiger partial charge in [-0.3, -0.25) is 4.90 Å². The molecular weight excluding hydrogens is 232 g/mol. The zero-order valence-electron chi connectivity index (χ0n) is 12.2. The van der Waals surface area contributed by atoms with Crippen molar-refractivity contribution in [3.8, 4) is 0 Å². The Morgan fingerprint density at radius 2 is 1.95 bits per heavy atom. The maximum absolute atomic E-state index is 3.37. The molecule has 0 amide bonds. The van der Waals surface area contributed by atoms with Gasteiger partial charge in [-0.2, -0.15) is 0 Å². The van der Waals surface area contributed by atoms with Crippen molar-refractivity contribution in [1.82, 2.24) is 10.2 Å². The minimum Gasteiger partial charge on any atom is -0.318 e. The quantitative estimate of drug-likeness (QED) is 0.895. The van der Waals surface area contributed by atoms with Crippen molar-refractivity contribution in [3.63, 3.8) is 0 Å². The number of hydrogen-bond donors (Lipinski definition) is 1. The first kappa shape index (κ1) is 13.1. The number of hydrogen-bond acceptors (Lipinski definition) is 2. The molecule has 0 saturated carbocycles. The van der Waals surface area contributed by atoms with Crippen LogP contribution in [0.15, 0.2) is 24.3 Å². The van der Waals surface area contributed by atoms with Crippen molar-refractivity contribution in [2.75, 3.05) is 20.1 Å². The molecule has 1 aliphatic carbocycles. The van der Waals surface area contributed by atoms with E-state index in [0.29, 0.717) is 6.04 Å². The Bertz CT molecular complexity index is 429. The monoisotopic (exact) mass is 258 g/mol. The number of nitrogens with one attached hydrogen (secondary N) is 1. The Labute approximate surface area is 117 Å². The van der Waals surface area contributed by atoms with Gasteiger partial charge in [0.1, 0.15) is 0 Å². The zero-order valence-corrected chi connectivity index (χ0v) is 12.2. The molecular formula is C17H26N2. The minimum absolute atomic E-state index is 0.660. The second-order valence-electron chi connectivity index (χ2n) is 6.21. The van der Waals surface area contributed by atoms with E-state index in [1.165, 1.54) is 32.2 Å². The van der Waals surface area contributed by atoms with Crippen LogP contribution in [-0.4, -0.2) is 31.1 Å². The van der Waals surface area contributed by atoms with Crippen molar-refractivity contribution in [1.29, 1.82) is 0 Å². The lowest BCUT2D eigenvalue weighted by Gasteiger charge is -2.39. The lowest BCUT2D eigenvalue weighted by atomic mass is 9.80. The normalized spacial score (nSPS) is 31.4. The summed E-state index contributed by atoms with van der Waals surface area (Å²) in [6.45, 7) is 4.79. The predicted molar refractivity (Wildman–Crippen MR) is 80.5 cm³/mol. The molecule has 3 atom stereocenters. The van der Waals surface area contributed by atoms with E-state index < -0.39 is 0 Å². The van der Waals surface area contributed by atoms with Crippen molar-refractivity contribution in [3.05, 3.63) is 35.4 Å². The highest BCUT2D eigenvalue weighted by Crippen LogP contribution is 2.42. The first-order valence-electron chi connectivity index (χ1n) is 7.80. The predicted octanol–water partition coefficient (Wildman–Crippen LogP) is 3.31. The van der Waals surface area contributed by atoms with Crippen molar-refractivity contribution >= 4 is 0 Å². The molecule has 1 heterocycles. The van der Waals surface area contributed by atoms with Gasteiger partial charge >= 0.3 is 0 Å². The third kappa shape index (κ3) is 2.44. The van der Waals surface area contributed by atoms with E-state index in [-0.39, 0.29) is 0 Å². The van der Waals surface area contributed by atoms with Crippen LogP contribution in [0.2, 0.25) is 0 Å². The highest BCUT2D eigenvalue weighted by Gasteiger charge is 2.34. The third-order valence-electron chi connectivity index (χ3n) is 5.02. The van der Waals surface area contributed by atoms with Crippen LogP contribution in [0.5, 0.6) is 0 Å². The van der Waals surface area contributed by atoms with Crippen LogP contribution in [-0.2, 0) is 0 Å². The Balaban J connectivity index is 1.87. The number of benzene rings is 1. The summed E-state index contributed by atoms with van der Waals surface area (Å²) in [4.78, 5) is 2.77. The molecule has 3 unspecified atom stereocenters. The molecule has 0 bridgehead atoms. The van der Waals surface area contributed by atoms with Crippen molar-refractivity contribution < 1.29 is 0 Å². The molecule has 0 spiro atoms. The van der Waals surface area contributed by atoms with Crippen LogP contribution >= 0.6 is 0 Å². The fourth-order valence-corrected chi connectivity index (χ4v) is 4.05. The summed E-state index contributed by atoms with van der Waals surface area (Å²) < 4.78 is 0. The average Bonchev–Trinajstić information content (AvgIpc) is 2.88. The van der Waals surface area contributed by atoms with Crippen LogP contribution in [0.1, 0.15) is 55.7 Å². The Morgan fingerprint density at radius 1 is 1.16 bits per heavy atom. The minimum atomic E-state index is 0.660. The van der Waals surface area contributed by atoms with Crippen molar-refractivity contribution in [2.24, 2.45) is 0 Å². The van der Waals surface area contributed by atoms with Crippen LogP contribution in [0, 0.1) is 0 Å². The van der Waals surface area contributed by atoms with Gasteiger partial charge in [0, 0.05) is 18.6 Å². The first-order chi connectivity index (χ1) is 9.31. The van der Waals surface area contributed by atoms with Gasteiger partial charge in [-0.05, 0) is 56.3 Å². The van der Waals surface area contributed by atoms with Gasteiger partial charge in [-0.15, -0.1) is 0 Å². The van der Waals surface area contributed by atoms with E-state index in [1.807, 2.05) is 0 Å². The maximum atomic E-state index is 3.37. The van der Waals surface area contributed by atoms with Crippen LogP contribution in [0.3, 0.4) is 0 Å². The molecule has 1 aliphatic heterocycles. The van der Waals surface area contributed by atoms with E-state index in [2.05, 4.69) is 48.5 Å². The largest absolute Gasteiger partial charge is 0.318 e. The SMILES string of the molecule is CNCC1CCCN1C1CCC(C)c2ccccc21. The zero-order chi connectivity index (χ0) is 13.2. The van der Waals surface area contributed by atoms with E-state index in [9.17, 15) is 0 Å². The molecule has 1 aromatic rings. The fourth-order valence-electron chi connectivity index (χ4n) is 4.05. The van der Waals surface area contributed by atoms with Crippen LogP contribution in [0.4, 0.5) is 0 Å². The summed E-state index contributed by atoms with van der Waals surface area (Å²) >= 11 is 0. The molecule has 19 heavy (non-hydrogen) atoms. The number of likely N-dealkylation sites (N-methyl/N-ethyl adjacent to an activating group) is 1. The van der Waals surface area contributed by atoms with E-state index in [4.69, 9.17) is 0 Å². The third-order valence-corrected chi connectivity index (χ3v) is 5.02. The summed E-state index contributed by atoms with van der Waals surface area (Å²) in [5, 5.41) is 3.37. The van der Waals surface area contributed by atoms with E-state index >= 15 is 0 Å². The number of rotatable bonds is 3. The van der Waals surface area contributed by atoms with Gasteiger partial charge in [0.05, 0.1) is 0 Å². The smallest absolute Gasteiger partial charge is 0.0354 e. The molecule has 1 saturated heterocycles. The van der Waals surface area contributed by atoms with Gasteiger partial charge in [-0.1, -0.05) is 31.2 Å². The summed E-state index contributed by atoms with van der Waals surface area (Å²) in [6, 6.07) is 10.5. The molecule has 104 valence electrons. The van der Waals surface area contributed by atoms with Gasteiger partial charge in [0.15, 0.2) is 0 Å². The Hall–Kier alpha value is -0.860. The van der Waals surface area contributed by atoms with Gasteiger partial charge in [0.2, 0.25) is 0 Å². The Kier molecular flexibility index (Phi) is 3.90. The second kappa shape index (κ2) is 5.64. The topological polar surface area (TPSA) is 15.3 Å². The van der Waals surface area contributed by atoms with Crippen LogP contribution in [0.25, 0.3) is 0 Å².